The van der Waals surface area contributed by atoms with Crippen LogP contribution in [0.1, 0.15) is 18.4 Å². The fourth-order valence-electron chi connectivity index (χ4n) is 2.74. The second-order valence-electron chi connectivity index (χ2n) is 5.91. The minimum Gasteiger partial charge on any atom is -0.383 e. The van der Waals surface area contributed by atoms with Gasteiger partial charge in [-0.3, -0.25) is 9.69 Å². The number of hydrogen-bond acceptors (Lipinski definition) is 4. The van der Waals surface area contributed by atoms with Crippen molar-refractivity contribution in [3.05, 3.63) is 34.3 Å². The van der Waals surface area contributed by atoms with Gasteiger partial charge in [0.1, 0.15) is 0 Å². The van der Waals surface area contributed by atoms with E-state index in [1.807, 2.05) is 0 Å². The van der Waals surface area contributed by atoms with Gasteiger partial charge in [0.15, 0.2) is 0 Å². The second-order valence-corrected chi connectivity index (χ2v) is 6.83. The predicted molar refractivity (Wildman–Crippen MR) is 95.3 cm³/mol. The van der Waals surface area contributed by atoms with Crippen LogP contribution in [0.15, 0.2) is 28.7 Å². The zero-order valence-electron chi connectivity index (χ0n) is 13.7. The van der Waals surface area contributed by atoms with Crippen LogP contribution in [0.4, 0.5) is 0 Å². The Balaban J connectivity index is 1.63. The number of likely N-dealkylation sites (tertiary alicyclic amines) is 1. The number of amides is 1. The summed E-state index contributed by atoms with van der Waals surface area (Å²) < 4.78 is 6.05. The minimum absolute atomic E-state index is 0.0764. The van der Waals surface area contributed by atoms with Gasteiger partial charge in [-0.05, 0) is 30.5 Å². The summed E-state index contributed by atoms with van der Waals surface area (Å²) in [7, 11) is 1.66. The molecule has 0 aromatic heterocycles. The van der Waals surface area contributed by atoms with E-state index in [1.54, 1.807) is 7.11 Å². The number of methoxy groups -OCH3 is 1. The Hall–Kier alpha value is -0.950. The van der Waals surface area contributed by atoms with Crippen LogP contribution in [0.3, 0.4) is 0 Å². The van der Waals surface area contributed by atoms with Gasteiger partial charge in [0.05, 0.1) is 13.2 Å². The summed E-state index contributed by atoms with van der Waals surface area (Å²) in [5.74, 6) is 0.0764. The average Bonchev–Trinajstić information content (AvgIpc) is 2.56. The van der Waals surface area contributed by atoms with Crippen LogP contribution >= 0.6 is 15.9 Å². The molecule has 128 valence electrons. The molecule has 6 heteroatoms. The summed E-state index contributed by atoms with van der Waals surface area (Å²) >= 11 is 3.46. The maximum Gasteiger partial charge on any atom is 0.234 e. The molecule has 23 heavy (non-hydrogen) atoms. The number of nitrogens with zero attached hydrogens (tertiary/aromatic N) is 1. The molecule has 1 saturated heterocycles. The summed E-state index contributed by atoms with van der Waals surface area (Å²) in [5.41, 5.74) is 1.33. The predicted octanol–water partition coefficient (Wildman–Crippen LogP) is 1.77. The standard InChI is InChI=1S/C17H26BrN3O2/c1-23-11-8-19-12-17(22)20-16-6-9-21(10-7-16)13-14-2-4-15(18)5-3-14/h2-5,16,19H,6-13H2,1H3,(H,20,22). The summed E-state index contributed by atoms with van der Waals surface area (Å²) in [4.78, 5) is 14.3. The van der Waals surface area contributed by atoms with Gasteiger partial charge in [0.2, 0.25) is 5.91 Å². The molecular weight excluding hydrogens is 358 g/mol. The number of nitrogens with one attached hydrogen (secondary N) is 2. The molecule has 0 aliphatic carbocycles. The smallest absolute Gasteiger partial charge is 0.234 e. The van der Waals surface area contributed by atoms with Crippen LogP contribution in [-0.2, 0) is 16.1 Å². The summed E-state index contributed by atoms with van der Waals surface area (Å²) in [6.07, 6.45) is 2.03. The lowest BCUT2D eigenvalue weighted by molar-refractivity contribution is -0.121. The highest BCUT2D eigenvalue weighted by atomic mass is 79.9. The lowest BCUT2D eigenvalue weighted by atomic mass is 10.0. The first-order valence-corrected chi connectivity index (χ1v) is 8.92. The fourth-order valence-corrected chi connectivity index (χ4v) is 3.00. The van der Waals surface area contributed by atoms with E-state index in [2.05, 4.69) is 55.7 Å². The molecule has 1 aliphatic rings. The number of rotatable bonds is 8. The molecule has 2 rings (SSSR count). The third-order valence-corrected chi connectivity index (χ3v) is 4.57. The minimum atomic E-state index is 0.0764. The molecule has 0 atom stereocenters. The van der Waals surface area contributed by atoms with Crippen molar-refractivity contribution in [2.45, 2.75) is 25.4 Å². The molecule has 0 saturated carbocycles. The molecule has 0 unspecified atom stereocenters. The number of halogens is 1. The van der Waals surface area contributed by atoms with Crippen LogP contribution in [0, 0.1) is 0 Å². The lowest BCUT2D eigenvalue weighted by Gasteiger charge is -2.32. The molecule has 1 fully saturated rings. The summed E-state index contributed by atoms with van der Waals surface area (Å²) in [5, 5.41) is 6.18. The Morgan fingerprint density at radius 2 is 2.00 bits per heavy atom. The molecule has 2 N–H and O–H groups in total. The molecule has 1 aromatic carbocycles. The lowest BCUT2D eigenvalue weighted by Crippen LogP contribution is -2.46. The van der Waals surface area contributed by atoms with Gasteiger partial charge >= 0.3 is 0 Å². The Kier molecular flexibility index (Phi) is 8.02. The van der Waals surface area contributed by atoms with Gasteiger partial charge in [-0.1, -0.05) is 28.1 Å². The van der Waals surface area contributed by atoms with Crippen molar-refractivity contribution in [1.29, 1.82) is 0 Å². The van der Waals surface area contributed by atoms with Crippen LogP contribution in [0.2, 0.25) is 0 Å². The highest BCUT2D eigenvalue weighted by Gasteiger charge is 2.20. The largest absolute Gasteiger partial charge is 0.383 e. The Bertz CT molecular complexity index is 473. The SMILES string of the molecule is COCCNCC(=O)NC1CCN(Cc2ccc(Br)cc2)CC1. The normalized spacial score (nSPS) is 16.4. The summed E-state index contributed by atoms with van der Waals surface area (Å²) in [6.45, 7) is 4.72. The molecule has 5 nitrogen and oxygen atoms in total. The van der Waals surface area contributed by atoms with Gasteiger partial charge in [-0.15, -0.1) is 0 Å². The quantitative estimate of drug-likeness (QED) is 0.671. The van der Waals surface area contributed by atoms with Crippen molar-refractivity contribution >= 4 is 21.8 Å². The van der Waals surface area contributed by atoms with Crippen molar-refractivity contribution < 1.29 is 9.53 Å². The van der Waals surface area contributed by atoms with E-state index in [1.165, 1.54) is 5.56 Å². The first kappa shape index (κ1) is 18.4. The van der Waals surface area contributed by atoms with Gasteiger partial charge < -0.3 is 15.4 Å². The summed E-state index contributed by atoms with van der Waals surface area (Å²) in [6, 6.07) is 8.78. The number of ether oxygens (including phenoxy) is 1. The van der Waals surface area contributed by atoms with Crippen molar-refractivity contribution in [1.82, 2.24) is 15.5 Å². The fraction of sp³-hybridized carbons (Fsp3) is 0.588. The van der Waals surface area contributed by atoms with E-state index in [-0.39, 0.29) is 5.91 Å². The van der Waals surface area contributed by atoms with Crippen molar-refractivity contribution in [2.75, 3.05) is 39.9 Å². The monoisotopic (exact) mass is 383 g/mol. The van der Waals surface area contributed by atoms with E-state index < -0.39 is 0 Å². The van der Waals surface area contributed by atoms with E-state index in [4.69, 9.17) is 4.74 Å². The topological polar surface area (TPSA) is 53.6 Å². The second kappa shape index (κ2) is 10.0. The van der Waals surface area contributed by atoms with Crippen molar-refractivity contribution in [3.8, 4) is 0 Å². The van der Waals surface area contributed by atoms with Crippen LogP contribution in [0.25, 0.3) is 0 Å². The van der Waals surface area contributed by atoms with Crippen LogP contribution in [-0.4, -0.2) is 56.7 Å². The third-order valence-electron chi connectivity index (χ3n) is 4.04. The van der Waals surface area contributed by atoms with Crippen molar-refractivity contribution in [2.24, 2.45) is 0 Å². The van der Waals surface area contributed by atoms with E-state index in [9.17, 15) is 4.79 Å². The Morgan fingerprint density at radius 1 is 1.30 bits per heavy atom. The van der Waals surface area contributed by atoms with Gasteiger partial charge in [0.25, 0.3) is 0 Å². The Morgan fingerprint density at radius 3 is 2.65 bits per heavy atom. The van der Waals surface area contributed by atoms with Gasteiger partial charge in [-0.25, -0.2) is 0 Å². The van der Waals surface area contributed by atoms with E-state index in [0.717, 1.165) is 36.9 Å². The number of carbonyl (C=O) groups is 1. The average molecular weight is 384 g/mol. The maximum absolute atomic E-state index is 11.8. The highest BCUT2D eigenvalue weighted by Crippen LogP contribution is 2.16. The maximum atomic E-state index is 11.8. The molecule has 1 amide bonds. The Labute approximate surface area is 146 Å². The van der Waals surface area contributed by atoms with E-state index in [0.29, 0.717) is 25.7 Å². The number of piperidine rings is 1. The molecule has 0 radical (unpaired) electrons. The first-order valence-electron chi connectivity index (χ1n) is 8.13. The number of hydrogen-bond donors (Lipinski definition) is 2. The molecule has 0 bridgehead atoms. The van der Waals surface area contributed by atoms with Crippen LogP contribution in [0.5, 0.6) is 0 Å². The third kappa shape index (κ3) is 6.99. The molecule has 1 heterocycles. The van der Waals surface area contributed by atoms with Crippen LogP contribution < -0.4 is 10.6 Å². The number of benzene rings is 1. The molecular formula is C17H26BrN3O2. The highest BCUT2D eigenvalue weighted by molar-refractivity contribution is 9.10. The molecule has 0 spiro atoms. The zero-order valence-corrected chi connectivity index (χ0v) is 15.3. The zero-order chi connectivity index (χ0) is 16.5. The van der Waals surface area contributed by atoms with Crippen molar-refractivity contribution in [3.63, 3.8) is 0 Å². The van der Waals surface area contributed by atoms with Gasteiger partial charge in [-0.2, -0.15) is 0 Å². The molecule has 1 aromatic rings. The first-order chi connectivity index (χ1) is 11.2. The number of carbonyl (C=O) groups excluding carboxylic acids is 1. The van der Waals surface area contributed by atoms with E-state index >= 15 is 0 Å². The molecule has 1 aliphatic heterocycles. The van der Waals surface area contributed by atoms with Gasteiger partial charge in [0, 0.05) is 43.8 Å².